The predicted molar refractivity (Wildman–Crippen MR) is 72.8 cm³/mol. The second kappa shape index (κ2) is 7.32. The Morgan fingerprint density at radius 2 is 2.05 bits per heavy atom. The first kappa shape index (κ1) is 16.4. The number of hydrogen-bond acceptors (Lipinski definition) is 1. The van der Waals surface area contributed by atoms with Gasteiger partial charge in [0.15, 0.2) is 0 Å². The molecule has 3 heteroatoms. The van der Waals surface area contributed by atoms with E-state index in [1.165, 1.54) is 38.5 Å². The van der Waals surface area contributed by atoms with Gasteiger partial charge in [-0.2, -0.15) is 18.1 Å². The molecule has 1 radical (unpaired) electrons. The van der Waals surface area contributed by atoms with Crippen LogP contribution in [-0.2, 0) is 0 Å². The van der Waals surface area contributed by atoms with E-state index in [1.807, 2.05) is 12.1 Å². The van der Waals surface area contributed by atoms with Gasteiger partial charge < -0.3 is 6.42 Å². The Bertz CT molecular complexity index is 508. The minimum atomic E-state index is -0.362. The van der Waals surface area contributed by atoms with Crippen LogP contribution >= 0.6 is 0 Å². The van der Waals surface area contributed by atoms with Crippen LogP contribution < -0.4 is 0 Å². The summed E-state index contributed by atoms with van der Waals surface area (Å²) in [5.41, 5.74) is 1.24. The minimum absolute atomic E-state index is 0. The van der Waals surface area contributed by atoms with Crippen LogP contribution in [0.3, 0.4) is 0 Å². The number of benzene rings is 1. The normalized spacial score (nSPS) is 28.9. The summed E-state index contributed by atoms with van der Waals surface area (Å²) in [6, 6.07) is 7.05. The third-order valence-corrected chi connectivity index (χ3v) is 4.94. The van der Waals surface area contributed by atoms with Crippen LogP contribution in [0.15, 0.2) is 18.2 Å². The van der Waals surface area contributed by atoms with Gasteiger partial charge in [-0.15, -0.1) is 0 Å². The Balaban J connectivity index is 0.00000147. The molecule has 2 fully saturated rings. The Hall–Kier alpha value is 0.00364. The Labute approximate surface area is 153 Å². The van der Waals surface area contributed by atoms with Crippen LogP contribution in [0, 0.1) is 76.7 Å². The van der Waals surface area contributed by atoms with Crippen molar-refractivity contribution >= 4 is 0 Å². The Kier molecular flexibility index (Phi) is 6.00. The predicted octanol–water partition coefficient (Wildman–Crippen LogP) is 4.59. The van der Waals surface area contributed by atoms with Crippen molar-refractivity contribution in [2.24, 2.45) is 11.8 Å². The maximum Gasteiger partial charge on any atom is 0.141 e. The number of halogens is 1. The van der Waals surface area contributed by atoms with Crippen molar-refractivity contribution in [1.82, 2.24) is 0 Å². The van der Waals surface area contributed by atoms with Gasteiger partial charge in [0.1, 0.15) is 11.9 Å². The third-order valence-electron chi connectivity index (χ3n) is 4.94. The molecule has 0 aromatic heterocycles. The second-order valence-electron chi connectivity index (χ2n) is 5.98. The van der Waals surface area contributed by atoms with E-state index in [-0.39, 0.29) is 52.7 Å². The average molecular weight is 397 g/mol. The van der Waals surface area contributed by atoms with Crippen LogP contribution in [-0.4, -0.2) is 0 Å². The molecule has 3 rings (SSSR count). The monoisotopic (exact) mass is 397 g/mol. The Morgan fingerprint density at radius 1 is 1.20 bits per heavy atom. The first-order valence-electron chi connectivity index (χ1n) is 7.29. The average Bonchev–Trinajstić information content (AvgIpc) is 2.46. The van der Waals surface area contributed by atoms with Gasteiger partial charge in [-0.1, -0.05) is 24.8 Å². The van der Waals surface area contributed by atoms with E-state index in [0.717, 1.165) is 17.4 Å². The summed E-state index contributed by atoms with van der Waals surface area (Å²) in [7, 11) is 0. The van der Waals surface area contributed by atoms with Gasteiger partial charge in [-0.05, 0) is 42.4 Å². The molecule has 3 unspecified atom stereocenters. The molecular weight excluding hydrogens is 378 g/mol. The summed E-state index contributed by atoms with van der Waals surface area (Å²) in [6.07, 6.45) is 9.90. The van der Waals surface area contributed by atoms with Crippen LogP contribution in [0.2, 0.25) is 0 Å². The molecule has 0 aliphatic heterocycles. The molecule has 2 aliphatic rings. The molecule has 103 valence electrons. The molecule has 1 aromatic carbocycles. The van der Waals surface area contributed by atoms with Crippen molar-refractivity contribution in [2.45, 2.75) is 44.4 Å². The summed E-state index contributed by atoms with van der Waals surface area (Å²) < 4.78 is 13.7. The fraction of sp³-hybridized carbons (Fsp3) is 0.529. The Morgan fingerprint density at radius 3 is 2.80 bits per heavy atom. The number of rotatable bonds is 1. The first-order chi connectivity index (χ1) is 9.28. The largest absolute Gasteiger partial charge is 0.328 e. The van der Waals surface area contributed by atoms with Gasteiger partial charge in [0.2, 0.25) is 0 Å². The van der Waals surface area contributed by atoms with E-state index in [4.69, 9.17) is 5.26 Å². The summed E-state index contributed by atoms with van der Waals surface area (Å²) in [4.78, 5) is 0. The molecule has 0 bridgehead atoms. The molecule has 2 saturated carbocycles. The molecule has 20 heavy (non-hydrogen) atoms. The van der Waals surface area contributed by atoms with E-state index >= 15 is 0 Å². The molecule has 1 nitrogen and oxygen atoms in total. The van der Waals surface area contributed by atoms with Crippen molar-refractivity contribution in [3.63, 3.8) is 0 Å². The third kappa shape index (κ3) is 3.42. The van der Waals surface area contributed by atoms with Gasteiger partial charge in [0.25, 0.3) is 0 Å². The zero-order valence-corrected chi connectivity index (χ0v) is 15.4. The van der Waals surface area contributed by atoms with Crippen molar-refractivity contribution in [3.05, 3.63) is 41.6 Å². The standard InChI is InChI=1S/C17H19FN.Pr/c18-17-10-15(7-8-16(17)11-19)14-6-5-12-3-1-2-4-13(12)9-14;/h1,7-8,10,12-14H,2-6,9H2;/q-1;. The van der Waals surface area contributed by atoms with Crippen molar-refractivity contribution in [2.75, 3.05) is 0 Å². The summed E-state index contributed by atoms with van der Waals surface area (Å²) >= 11 is 0. The quantitative estimate of drug-likeness (QED) is 0.637. The zero-order valence-electron chi connectivity index (χ0n) is 11.7. The van der Waals surface area contributed by atoms with Crippen LogP contribution in [0.25, 0.3) is 0 Å². The molecule has 0 spiro atoms. The molecule has 0 saturated heterocycles. The molecule has 2 aliphatic carbocycles. The van der Waals surface area contributed by atoms with Gasteiger partial charge in [0, 0.05) is 41.3 Å². The number of nitriles is 1. The number of nitrogens with zero attached hydrogens (tertiary/aromatic N) is 1. The second-order valence-corrected chi connectivity index (χ2v) is 5.98. The fourth-order valence-corrected chi connectivity index (χ4v) is 3.83. The number of fused-ring (bicyclic) bond motifs is 1. The summed E-state index contributed by atoms with van der Waals surface area (Å²) in [5, 5.41) is 8.78. The summed E-state index contributed by atoms with van der Waals surface area (Å²) in [5.74, 6) is 1.82. The first-order valence-corrected chi connectivity index (χ1v) is 7.29. The fourth-order valence-electron chi connectivity index (χ4n) is 3.83. The molecule has 0 amide bonds. The van der Waals surface area contributed by atoms with Crippen LogP contribution in [0.4, 0.5) is 4.39 Å². The molecule has 1 aromatic rings. The van der Waals surface area contributed by atoms with Crippen LogP contribution in [0.5, 0.6) is 0 Å². The van der Waals surface area contributed by atoms with Crippen molar-refractivity contribution < 1.29 is 45.7 Å². The maximum absolute atomic E-state index is 13.7. The van der Waals surface area contributed by atoms with Gasteiger partial charge in [-0.3, -0.25) is 0 Å². The zero-order chi connectivity index (χ0) is 13.2. The molecule has 0 N–H and O–H groups in total. The van der Waals surface area contributed by atoms with E-state index in [2.05, 4.69) is 6.42 Å². The minimum Gasteiger partial charge on any atom is -0.328 e. The maximum atomic E-state index is 13.7. The van der Waals surface area contributed by atoms with E-state index < -0.39 is 0 Å². The van der Waals surface area contributed by atoms with Crippen molar-refractivity contribution in [3.8, 4) is 6.07 Å². The SMILES string of the molecule is N#Cc1ccc(C2CCC3C[CH-]CCC3C2)cc1F.[Pr]. The van der Waals surface area contributed by atoms with E-state index in [9.17, 15) is 4.39 Å². The van der Waals surface area contributed by atoms with E-state index in [1.54, 1.807) is 12.1 Å². The number of hydrogen-bond donors (Lipinski definition) is 0. The van der Waals surface area contributed by atoms with E-state index in [0.29, 0.717) is 5.92 Å². The smallest absolute Gasteiger partial charge is 0.141 e. The van der Waals surface area contributed by atoms with Gasteiger partial charge >= 0.3 is 0 Å². The molecule has 3 atom stereocenters. The topological polar surface area (TPSA) is 23.8 Å². The molecule has 0 heterocycles. The molecular formula is C17H19FNPr-. The van der Waals surface area contributed by atoms with Crippen molar-refractivity contribution in [1.29, 1.82) is 5.26 Å². The van der Waals surface area contributed by atoms with Crippen LogP contribution in [0.1, 0.15) is 55.6 Å². The summed E-state index contributed by atoms with van der Waals surface area (Å²) in [6.45, 7) is 0. The van der Waals surface area contributed by atoms with Gasteiger partial charge in [0.05, 0.1) is 5.56 Å². The van der Waals surface area contributed by atoms with Gasteiger partial charge in [-0.25, -0.2) is 4.39 Å².